The van der Waals surface area contributed by atoms with Crippen LogP contribution >= 0.6 is 0 Å². The zero-order valence-corrected chi connectivity index (χ0v) is 54.6. The molecule has 450 valence electrons. The Labute approximate surface area is 490 Å². The minimum Gasteiger partial charge on any atom is -0.261 e. The average molecular weight is 1120 g/mol. The Kier molecular flexibility index (Phi) is 99.9. The van der Waals surface area contributed by atoms with E-state index in [-0.39, 0.29) is 0 Å². The van der Waals surface area contributed by atoms with E-state index in [4.69, 9.17) is 0 Å². The van der Waals surface area contributed by atoms with Gasteiger partial charge in [-0.25, -0.2) is 59.8 Å². The molecule has 0 saturated carbocycles. The van der Waals surface area contributed by atoms with Gasteiger partial charge in [0.1, 0.15) is 55.4 Å². The summed E-state index contributed by atoms with van der Waals surface area (Å²) in [6.07, 6.45) is 32.4. The zero-order chi connectivity index (χ0) is 64.0. The van der Waals surface area contributed by atoms with E-state index >= 15 is 0 Å². The lowest BCUT2D eigenvalue weighted by Gasteiger charge is -1.81. The molecular formula is C59H104N22. The van der Waals surface area contributed by atoms with E-state index in [9.17, 15) is 0 Å². The van der Waals surface area contributed by atoms with Gasteiger partial charge in [0, 0.05) is 67.7 Å². The maximum absolute atomic E-state index is 3.92. The summed E-state index contributed by atoms with van der Waals surface area (Å²) in [5.74, 6) is 2.29. The van der Waals surface area contributed by atoms with Crippen LogP contribution in [0.5, 0.6) is 0 Å². The highest BCUT2D eigenvalue weighted by molar-refractivity contribution is 5.00. The van der Waals surface area contributed by atoms with Crippen LogP contribution in [-0.2, 0) is 0 Å². The summed E-state index contributed by atoms with van der Waals surface area (Å²) in [5, 5.41) is 28.7. The summed E-state index contributed by atoms with van der Waals surface area (Å²) in [6, 6.07) is 5.57. The van der Waals surface area contributed by atoms with Gasteiger partial charge in [-0.2, -0.15) is 25.5 Å². The molecule has 0 atom stereocenters. The number of aryl methyl sites for hydroxylation is 9. The fourth-order valence-electron chi connectivity index (χ4n) is 3.06. The van der Waals surface area contributed by atoms with Crippen LogP contribution < -0.4 is 0 Å². The molecule has 0 radical (unpaired) electrons. The summed E-state index contributed by atoms with van der Waals surface area (Å²) in [5.41, 5.74) is 5.97. The molecule has 0 aliphatic rings. The molecule has 9 aromatic heterocycles. The molecule has 9 aromatic rings. The average Bonchev–Trinajstić information content (AvgIpc) is 3.55. The van der Waals surface area contributed by atoms with Crippen molar-refractivity contribution < 1.29 is 0 Å². The third kappa shape index (κ3) is 85.6. The molecule has 0 aliphatic carbocycles. The predicted octanol–water partition coefficient (Wildman–Crippen LogP) is 13.9. The van der Waals surface area contributed by atoms with Crippen molar-refractivity contribution in [1.82, 2.24) is 111 Å². The van der Waals surface area contributed by atoms with E-state index in [1.165, 1.54) is 38.0 Å². The number of rotatable bonds is 0. The maximum atomic E-state index is 3.92. The van der Waals surface area contributed by atoms with Crippen LogP contribution in [0, 0.1) is 62.3 Å². The Morgan fingerprint density at radius 2 is 0.704 bits per heavy atom. The van der Waals surface area contributed by atoms with Crippen molar-refractivity contribution in [2.75, 3.05) is 0 Å². The second-order valence-electron chi connectivity index (χ2n) is 11.7. The third-order valence-electron chi connectivity index (χ3n) is 5.98. The van der Waals surface area contributed by atoms with Gasteiger partial charge in [0.15, 0.2) is 0 Å². The second kappa shape index (κ2) is 88.1. The zero-order valence-electron chi connectivity index (χ0n) is 54.6. The Bertz CT molecular complexity index is 1770. The molecule has 0 unspecified atom stereocenters. The quantitative estimate of drug-likeness (QED) is 0.136. The monoisotopic (exact) mass is 1120 g/mol. The van der Waals surface area contributed by atoms with Gasteiger partial charge in [0.25, 0.3) is 0 Å². The minimum absolute atomic E-state index is 0.711. The summed E-state index contributed by atoms with van der Waals surface area (Å²) < 4.78 is 0. The van der Waals surface area contributed by atoms with Crippen LogP contribution in [0.1, 0.15) is 176 Å². The Balaban J connectivity index is -0.0000000993. The number of hydrogen-bond acceptors (Lipinski definition) is 22. The minimum atomic E-state index is 0.711. The van der Waals surface area contributed by atoms with Crippen molar-refractivity contribution in [3.63, 3.8) is 0 Å². The van der Waals surface area contributed by atoms with Gasteiger partial charge in [-0.3, -0.25) is 9.97 Å². The molecule has 0 N–H and O–H groups in total. The van der Waals surface area contributed by atoms with E-state index in [0.29, 0.717) is 5.82 Å². The van der Waals surface area contributed by atoms with Crippen molar-refractivity contribution in [2.45, 2.75) is 187 Å². The largest absolute Gasteiger partial charge is 0.261 e. The van der Waals surface area contributed by atoms with Crippen LogP contribution in [-0.4, -0.2) is 111 Å². The number of nitrogens with zero attached hydrogens (tertiary/aromatic N) is 22. The van der Waals surface area contributed by atoms with Crippen molar-refractivity contribution in [3.8, 4) is 0 Å². The Morgan fingerprint density at radius 1 is 0.222 bits per heavy atom. The van der Waals surface area contributed by atoms with Gasteiger partial charge in [0.2, 0.25) is 0 Å². The lowest BCUT2D eigenvalue weighted by molar-refractivity contribution is 0.907. The topological polar surface area (TPSA) is 284 Å². The summed E-state index contributed by atoms with van der Waals surface area (Å²) in [6.45, 7) is 53.0. The molecule has 9 rings (SSSR count). The standard InChI is InChI=1S/5C5H6N2.4C4H5N3.9C2H6/c1-5-2-6-4-7-3-5;1-5-4-6-2-3-7-5;1-5-2-3-6-4-7-5;1-5-2-3-6-7-4-5;1-5-6-3-2-4-7-5;1-4-6-2-5-3-7-4;1-4-2-6-7-3-5-4;1-4-2-5-3-6-7-4;1-4-5-2-3-6-7-4;9*1-2/h5*2-4H,1H3;4*2-3H,1H3;9*1-2H3. The van der Waals surface area contributed by atoms with Crippen molar-refractivity contribution >= 4 is 0 Å². The molecular weight excluding hydrogens is 1020 g/mol. The Morgan fingerprint density at radius 3 is 0.926 bits per heavy atom. The first kappa shape index (κ1) is 91.9. The molecule has 81 heavy (non-hydrogen) atoms. The highest BCUT2D eigenvalue weighted by Crippen LogP contribution is 1.87. The van der Waals surface area contributed by atoms with Crippen LogP contribution in [0.3, 0.4) is 0 Å². The molecule has 0 amide bonds. The molecule has 0 saturated heterocycles. The van der Waals surface area contributed by atoms with E-state index in [1.807, 2.05) is 192 Å². The predicted molar refractivity (Wildman–Crippen MR) is 334 cm³/mol. The first-order chi connectivity index (χ1) is 39.5. The first-order valence-electron chi connectivity index (χ1n) is 27.6. The lowest BCUT2D eigenvalue weighted by atomic mass is 10.4. The molecule has 0 spiro atoms. The van der Waals surface area contributed by atoms with E-state index < -0.39 is 0 Å². The molecule has 0 aromatic carbocycles. The van der Waals surface area contributed by atoms with Crippen LogP contribution in [0.2, 0.25) is 0 Å². The van der Waals surface area contributed by atoms with Crippen molar-refractivity contribution in [3.05, 3.63) is 194 Å². The molecule has 9 heterocycles. The van der Waals surface area contributed by atoms with Crippen molar-refractivity contribution in [2.24, 2.45) is 0 Å². The second-order valence-corrected chi connectivity index (χ2v) is 11.7. The highest BCUT2D eigenvalue weighted by Gasteiger charge is 1.80. The SMILES string of the molecule is CC.CC.CC.CC.CC.CC.CC.CC.CC.Cc1ccncn1.Cc1ccnnc1.Cc1cnccn1.Cc1cncnc1.Cc1cncnn1.Cc1cnncn1.Cc1ncccn1.Cc1nccnn1.Cc1ncncn1. The van der Waals surface area contributed by atoms with Gasteiger partial charge in [-0.1, -0.05) is 125 Å². The van der Waals surface area contributed by atoms with Gasteiger partial charge in [-0.15, -0.1) is 15.3 Å². The van der Waals surface area contributed by atoms with Gasteiger partial charge >= 0.3 is 0 Å². The van der Waals surface area contributed by atoms with Gasteiger partial charge in [-0.05, 0) is 91.6 Å². The summed E-state index contributed by atoms with van der Waals surface area (Å²) in [4.78, 5) is 53.1. The van der Waals surface area contributed by atoms with Gasteiger partial charge in [0.05, 0.1) is 41.9 Å². The maximum Gasteiger partial charge on any atom is 0.147 e. The lowest BCUT2D eigenvalue weighted by Crippen LogP contribution is -1.85. The molecule has 22 heteroatoms. The van der Waals surface area contributed by atoms with Crippen LogP contribution in [0.15, 0.2) is 143 Å². The van der Waals surface area contributed by atoms with E-state index in [2.05, 4.69) is 111 Å². The summed E-state index contributed by atoms with van der Waals surface area (Å²) in [7, 11) is 0. The third-order valence-corrected chi connectivity index (χ3v) is 5.98. The number of aromatic nitrogens is 22. The van der Waals surface area contributed by atoms with E-state index in [1.54, 1.807) is 99.7 Å². The molecule has 0 bridgehead atoms. The summed E-state index contributed by atoms with van der Waals surface area (Å²) >= 11 is 0. The first-order valence-corrected chi connectivity index (χ1v) is 27.6. The smallest absolute Gasteiger partial charge is 0.147 e. The van der Waals surface area contributed by atoms with Gasteiger partial charge < -0.3 is 0 Å². The molecule has 0 fully saturated rings. The van der Waals surface area contributed by atoms with Crippen molar-refractivity contribution in [1.29, 1.82) is 0 Å². The van der Waals surface area contributed by atoms with Crippen LogP contribution in [0.25, 0.3) is 0 Å². The Hall–Kier alpha value is -8.56. The fourth-order valence-corrected chi connectivity index (χ4v) is 3.06. The normalized spacial score (nSPS) is 7.44. The fraction of sp³-hybridized carbons (Fsp3) is 0.458. The van der Waals surface area contributed by atoms with Crippen LogP contribution in [0.4, 0.5) is 0 Å². The molecule has 0 aliphatic heterocycles. The molecule has 22 nitrogen and oxygen atoms in total. The number of hydrogen-bond donors (Lipinski definition) is 0. The van der Waals surface area contributed by atoms with E-state index in [0.717, 1.165) is 45.6 Å². The highest BCUT2D eigenvalue weighted by atomic mass is 15.1.